The van der Waals surface area contributed by atoms with Crippen molar-refractivity contribution in [3.05, 3.63) is 28.8 Å². The summed E-state index contributed by atoms with van der Waals surface area (Å²) in [6.07, 6.45) is 4.26. The molecule has 3 nitrogen and oxygen atoms in total. The van der Waals surface area contributed by atoms with Gasteiger partial charge in [0.05, 0.1) is 11.3 Å². The van der Waals surface area contributed by atoms with Gasteiger partial charge in [-0.05, 0) is 42.9 Å². The molecule has 0 atom stereocenters. The molecule has 1 aliphatic heterocycles. The van der Waals surface area contributed by atoms with Crippen molar-refractivity contribution in [1.82, 2.24) is 0 Å². The number of amides is 1. The molecule has 0 radical (unpaired) electrons. The molecule has 76 valence electrons. The standard InChI is InChI=1S/C12H11NO2/c14-11-10-8-4-2-1-3-7(8)5-6-9(10)13-12(11)15/h5-6H,1-4H2,(H,13,14,15). The number of Topliss-reactive ketones (excluding diaryl/α,β-unsaturated/α-hetero) is 1. The van der Waals surface area contributed by atoms with Crippen LogP contribution in [0.3, 0.4) is 0 Å². The molecule has 0 fully saturated rings. The van der Waals surface area contributed by atoms with Gasteiger partial charge in [-0.2, -0.15) is 0 Å². The van der Waals surface area contributed by atoms with Crippen LogP contribution >= 0.6 is 0 Å². The van der Waals surface area contributed by atoms with Crippen LogP contribution in [0.25, 0.3) is 0 Å². The fourth-order valence-corrected chi connectivity index (χ4v) is 2.48. The summed E-state index contributed by atoms with van der Waals surface area (Å²) in [6.45, 7) is 0. The third-order valence-corrected chi connectivity index (χ3v) is 3.21. The van der Waals surface area contributed by atoms with Crippen molar-refractivity contribution >= 4 is 17.4 Å². The van der Waals surface area contributed by atoms with Crippen molar-refractivity contribution in [2.24, 2.45) is 0 Å². The molecule has 1 heterocycles. The number of ketones is 1. The minimum Gasteiger partial charge on any atom is -0.318 e. The van der Waals surface area contributed by atoms with Gasteiger partial charge in [0.1, 0.15) is 0 Å². The maximum Gasteiger partial charge on any atom is 0.296 e. The largest absolute Gasteiger partial charge is 0.318 e. The molecular formula is C12H11NO2. The number of rotatable bonds is 0. The first-order valence-corrected chi connectivity index (χ1v) is 5.28. The lowest BCUT2D eigenvalue weighted by Gasteiger charge is -2.17. The summed E-state index contributed by atoms with van der Waals surface area (Å²) in [5, 5.41) is 2.61. The van der Waals surface area contributed by atoms with Gasteiger partial charge in [0.2, 0.25) is 0 Å². The molecule has 1 aromatic carbocycles. The van der Waals surface area contributed by atoms with Gasteiger partial charge in [-0.3, -0.25) is 9.59 Å². The molecule has 3 heteroatoms. The smallest absolute Gasteiger partial charge is 0.296 e. The Morgan fingerprint density at radius 2 is 1.87 bits per heavy atom. The molecule has 1 aliphatic carbocycles. The van der Waals surface area contributed by atoms with E-state index in [2.05, 4.69) is 5.32 Å². The first-order chi connectivity index (χ1) is 7.27. The number of hydrogen-bond acceptors (Lipinski definition) is 2. The van der Waals surface area contributed by atoms with E-state index in [0.717, 1.165) is 24.8 Å². The number of aryl methyl sites for hydroxylation is 1. The second-order valence-electron chi connectivity index (χ2n) is 4.12. The number of fused-ring (bicyclic) bond motifs is 3. The Kier molecular flexibility index (Phi) is 1.69. The highest BCUT2D eigenvalue weighted by atomic mass is 16.2. The van der Waals surface area contributed by atoms with Crippen LogP contribution in [0.4, 0.5) is 5.69 Å². The zero-order chi connectivity index (χ0) is 10.4. The first kappa shape index (κ1) is 8.65. The summed E-state index contributed by atoms with van der Waals surface area (Å²) >= 11 is 0. The van der Waals surface area contributed by atoms with E-state index < -0.39 is 5.91 Å². The highest BCUT2D eigenvalue weighted by Crippen LogP contribution is 2.33. The highest BCUT2D eigenvalue weighted by Gasteiger charge is 2.32. The second-order valence-corrected chi connectivity index (χ2v) is 4.12. The highest BCUT2D eigenvalue weighted by molar-refractivity contribution is 6.52. The number of hydrogen-bond donors (Lipinski definition) is 1. The second kappa shape index (κ2) is 2.92. The number of nitrogens with one attached hydrogen (secondary N) is 1. The van der Waals surface area contributed by atoms with Gasteiger partial charge in [-0.1, -0.05) is 6.07 Å². The van der Waals surface area contributed by atoms with E-state index in [1.807, 2.05) is 12.1 Å². The summed E-state index contributed by atoms with van der Waals surface area (Å²) in [6, 6.07) is 3.88. The SMILES string of the molecule is O=C1Nc2ccc3c(c2C1=O)CCCC3. The molecule has 1 amide bonds. The average Bonchev–Trinajstić information content (AvgIpc) is 2.55. The zero-order valence-corrected chi connectivity index (χ0v) is 8.30. The predicted octanol–water partition coefficient (Wildman–Crippen LogP) is 1.70. The summed E-state index contributed by atoms with van der Waals surface area (Å²) in [5.74, 6) is -0.840. The maximum absolute atomic E-state index is 11.7. The van der Waals surface area contributed by atoms with Crippen molar-refractivity contribution in [3.8, 4) is 0 Å². The van der Waals surface area contributed by atoms with E-state index in [1.54, 1.807) is 0 Å². The molecule has 0 aromatic heterocycles. The molecular weight excluding hydrogens is 190 g/mol. The van der Waals surface area contributed by atoms with E-state index in [0.29, 0.717) is 11.3 Å². The summed E-state index contributed by atoms with van der Waals surface area (Å²) in [5.41, 5.74) is 3.68. The van der Waals surface area contributed by atoms with Crippen LogP contribution in [-0.4, -0.2) is 11.7 Å². The Bertz CT molecular complexity index is 477. The lowest BCUT2D eigenvalue weighted by Crippen LogP contribution is -2.14. The Hall–Kier alpha value is -1.64. The minimum absolute atomic E-state index is 0.358. The van der Waals surface area contributed by atoms with E-state index in [9.17, 15) is 9.59 Å². The number of benzene rings is 1. The summed E-state index contributed by atoms with van der Waals surface area (Å²) in [7, 11) is 0. The molecule has 1 N–H and O–H groups in total. The molecule has 15 heavy (non-hydrogen) atoms. The van der Waals surface area contributed by atoms with Crippen LogP contribution in [-0.2, 0) is 17.6 Å². The number of carbonyl (C=O) groups is 2. The Morgan fingerprint density at radius 1 is 1.07 bits per heavy atom. The molecule has 0 bridgehead atoms. The van der Waals surface area contributed by atoms with E-state index in [1.165, 1.54) is 12.0 Å². The Morgan fingerprint density at radius 3 is 2.73 bits per heavy atom. The molecule has 0 unspecified atom stereocenters. The van der Waals surface area contributed by atoms with E-state index in [4.69, 9.17) is 0 Å². The number of anilines is 1. The monoisotopic (exact) mass is 201 g/mol. The Labute approximate surface area is 87.5 Å². The van der Waals surface area contributed by atoms with Gasteiger partial charge in [-0.25, -0.2) is 0 Å². The van der Waals surface area contributed by atoms with Crippen LogP contribution < -0.4 is 5.32 Å². The van der Waals surface area contributed by atoms with Crippen molar-refractivity contribution in [1.29, 1.82) is 0 Å². The van der Waals surface area contributed by atoms with Gasteiger partial charge in [0, 0.05) is 0 Å². The summed E-state index contributed by atoms with van der Waals surface area (Å²) < 4.78 is 0. The van der Waals surface area contributed by atoms with Gasteiger partial charge in [0.15, 0.2) is 0 Å². The zero-order valence-electron chi connectivity index (χ0n) is 8.30. The maximum atomic E-state index is 11.7. The molecule has 0 spiro atoms. The van der Waals surface area contributed by atoms with Crippen LogP contribution in [0.5, 0.6) is 0 Å². The van der Waals surface area contributed by atoms with Crippen LogP contribution in [0.1, 0.15) is 34.3 Å². The molecule has 0 saturated carbocycles. The van der Waals surface area contributed by atoms with Crippen LogP contribution in [0.2, 0.25) is 0 Å². The number of carbonyl (C=O) groups excluding carboxylic acids is 2. The summed E-state index contributed by atoms with van der Waals surface area (Å²) in [4.78, 5) is 22.9. The Balaban J connectivity index is 2.24. The lowest BCUT2D eigenvalue weighted by molar-refractivity contribution is -0.112. The van der Waals surface area contributed by atoms with Crippen LogP contribution in [0, 0.1) is 0 Å². The van der Waals surface area contributed by atoms with Crippen molar-refractivity contribution in [3.63, 3.8) is 0 Å². The van der Waals surface area contributed by atoms with Crippen molar-refractivity contribution in [2.75, 3.05) is 5.32 Å². The fraction of sp³-hybridized carbons (Fsp3) is 0.333. The first-order valence-electron chi connectivity index (χ1n) is 5.28. The third kappa shape index (κ3) is 1.12. The van der Waals surface area contributed by atoms with E-state index >= 15 is 0 Å². The van der Waals surface area contributed by atoms with Crippen molar-refractivity contribution < 1.29 is 9.59 Å². The normalized spacial score (nSPS) is 18.4. The predicted molar refractivity (Wildman–Crippen MR) is 56.0 cm³/mol. The average molecular weight is 201 g/mol. The lowest BCUT2D eigenvalue weighted by atomic mass is 9.87. The fourth-order valence-electron chi connectivity index (χ4n) is 2.48. The van der Waals surface area contributed by atoms with E-state index in [-0.39, 0.29) is 5.78 Å². The molecule has 3 rings (SSSR count). The van der Waals surface area contributed by atoms with Crippen LogP contribution in [0.15, 0.2) is 12.1 Å². The van der Waals surface area contributed by atoms with Gasteiger partial charge in [-0.15, -0.1) is 0 Å². The molecule has 1 aromatic rings. The van der Waals surface area contributed by atoms with Gasteiger partial charge >= 0.3 is 0 Å². The quantitative estimate of drug-likeness (QED) is 0.649. The van der Waals surface area contributed by atoms with Gasteiger partial charge in [0.25, 0.3) is 11.7 Å². The topological polar surface area (TPSA) is 46.2 Å². The third-order valence-electron chi connectivity index (χ3n) is 3.21. The minimum atomic E-state index is -0.482. The van der Waals surface area contributed by atoms with Gasteiger partial charge < -0.3 is 5.32 Å². The molecule has 2 aliphatic rings. The molecule has 0 saturated heterocycles. The van der Waals surface area contributed by atoms with Crippen molar-refractivity contribution in [2.45, 2.75) is 25.7 Å².